The summed E-state index contributed by atoms with van der Waals surface area (Å²) >= 11 is 0. The van der Waals surface area contributed by atoms with Crippen LogP contribution in [0.25, 0.3) is 0 Å². The van der Waals surface area contributed by atoms with E-state index >= 15 is 0 Å². The van der Waals surface area contributed by atoms with Crippen molar-refractivity contribution in [1.82, 2.24) is 0 Å². The van der Waals surface area contributed by atoms with Crippen molar-refractivity contribution in [2.75, 3.05) is 6.61 Å². The summed E-state index contributed by atoms with van der Waals surface area (Å²) in [7, 11) is 0. The van der Waals surface area contributed by atoms with E-state index in [1.165, 1.54) is 94.3 Å². The minimum Gasteiger partial charge on any atom is -0.378 e. The summed E-state index contributed by atoms with van der Waals surface area (Å²) in [6, 6.07) is 11.5. The second kappa shape index (κ2) is 13.5. The third-order valence-electron chi connectivity index (χ3n) is 7.32. The molecular formula is C29H41NO. The van der Waals surface area contributed by atoms with Crippen molar-refractivity contribution in [3.8, 4) is 6.07 Å². The Labute approximate surface area is 190 Å². The molecule has 2 aliphatic carbocycles. The Morgan fingerprint density at radius 2 is 1.68 bits per heavy atom. The minimum atomic E-state index is 0.471. The van der Waals surface area contributed by atoms with Crippen molar-refractivity contribution < 1.29 is 4.74 Å². The first kappa shape index (κ1) is 23.8. The SMILES string of the molecule is CCCCCc1ccc([C@H]2CC[C@H](OC[C@H]3CC[C@H](/C=C/C=C/C#N)CC3)CC2)cc1. The van der Waals surface area contributed by atoms with E-state index in [9.17, 15) is 0 Å². The van der Waals surface area contributed by atoms with E-state index in [0.29, 0.717) is 12.0 Å². The van der Waals surface area contributed by atoms with Gasteiger partial charge in [0.25, 0.3) is 0 Å². The topological polar surface area (TPSA) is 33.0 Å². The fourth-order valence-corrected chi connectivity index (χ4v) is 5.24. The first-order valence-electron chi connectivity index (χ1n) is 12.7. The molecule has 0 heterocycles. The molecule has 0 atom stereocenters. The molecule has 1 aromatic rings. The van der Waals surface area contributed by atoms with Crippen LogP contribution in [0.2, 0.25) is 0 Å². The third kappa shape index (κ3) is 8.30. The predicted molar refractivity (Wildman–Crippen MR) is 130 cm³/mol. The van der Waals surface area contributed by atoms with Gasteiger partial charge in [-0.15, -0.1) is 0 Å². The van der Waals surface area contributed by atoms with E-state index in [1.54, 1.807) is 0 Å². The summed E-state index contributed by atoms with van der Waals surface area (Å²) in [4.78, 5) is 0. The molecule has 2 aliphatic rings. The lowest BCUT2D eigenvalue weighted by molar-refractivity contribution is -0.00337. The number of aryl methyl sites for hydroxylation is 1. The number of nitriles is 1. The van der Waals surface area contributed by atoms with Crippen molar-refractivity contribution in [2.24, 2.45) is 11.8 Å². The Morgan fingerprint density at radius 1 is 0.935 bits per heavy atom. The second-order valence-corrected chi connectivity index (χ2v) is 9.66. The summed E-state index contributed by atoms with van der Waals surface area (Å²) in [5.74, 6) is 2.13. The number of hydrogen-bond donors (Lipinski definition) is 0. The fraction of sp³-hybridized carbons (Fsp3) is 0.621. The first-order chi connectivity index (χ1) is 15.3. The number of unbranched alkanes of at least 4 members (excludes halogenated alkanes) is 2. The van der Waals surface area contributed by atoms with E-state index in [4.69, 9.17) is 10.00 Å². The third-order valence-corrected chi connectivity index (χ3v) is 7.32. The van der Waals surface area contributed by atoms with Gasteiger partial charge < -0.3 is 4.74 Å². The molecule has 168 valence electrons. The minimum absolute atomic E-state index is 0.471. The molecular weight excluding hydrogens is 378 g/mol. The van der Waals surface area contributed by atoms with Gasteiger partial charge in [0.2, 0.25) is 0 Å². The number of hydrogen-bond acceptors (Lipinski definition) is 2. The predicted octanol–water partition coefficient (Wildman–Crippen LogP) is 7.90. The van der Waals surface area contributed by atoms with Gasteiger partial charge in [0.1, 0.15) is 0 Å². The Bertz CT molecular complexity index is 710. The van der Waals surface area contributed by atoms with Crippen LogP contribution in [0.3, 0.4) is 0 Å². The maximum atomic E-state index is 8.54. The lowest BCUT2D eigenvalue weighted by Gasteiger charge is -2.32. The van der Waals surface area contributed by atoms with Crippen molar-refractivity contribution in [1.29, 1.82) is 5.26 Å². The van der Waals surface area contributed by atoms with E-state index in [1.807, 2.05) is 18.2 Å². The van der Waals surface area contributed by atoms with Gasteiger partial charge in [-0.1, -0.05) is 62.3 Å². The molecule has 0 saturated heterocycles. The molecule has 0 radical (unpaired) electrons. The molecule has 2 nitrogen and oxygen atoms in total. The zero-order valence-electron chi connectivity index (χ0n) is 19.5. The molecule has 3 rings (SSSR count). The van der Waals surface area contributed by atoms with Crippen LogP contribution in [0.15, 0.2) is 48.6 Å². The van der Waals surface area contributed by atoms with Gasteiger partial charge in [0.15, 0.2) is 0 Å². The molecule has 0 spiro atoms. The van der Waals surface area contributed by atoms with Crippen LogP contribution in [0.4, 0.5) is 0 Å². The molecule has 0 aromatic heterocycles. The molecule has 0 N–H and O–H groups in total. The van der Waals surface area contributed by atoms with Crippen LogP contribution in [-0.2, 0) is 11.2 Å². The average Bonchev–Trinajstić information content (AvgIpc) is 2.82. The Morgan fingerprint density at radius 3 is 2.35 bits per heavy atom. The Balaban J connectivity index is 1.31. The monoisotopic (exact) mass is 419 g/mol. The molecule has 0 bridgehead atoms. The van der Waals surface area contributed by atoms with Crippen molar-refractivity contribution in [3.05, 3.63) is 59.7 Å². The quantitative estimate of drug-likeness (QED) is 0.219. The maximum absolute atomic E-state index is 8.54. The van der Waals surface area contributed by atoms with Gasteiger partial charge in [0.05, 0.1) is 12.2 Å². The van der Waals surface area contributed by atoms with Crippen LogP contribution < -0.4 is 0 Å². The van der Waals surface area contributed by atoms with Crippen LogP contribution in [0.1, 0.15) is 94.6 Å². The molecule has 0 unspecified atom stereocenters. The summed E-state index contributed by atoms with van der Waals surface area (Å²) in [6.45, 7) is 3.22. The van der Waals surface area contributed by atoms with Gasteiger partial charge in [-0.2, -0.15) is 5.26 Å². The van der Waals surface area contributed by atoms with E-state index in [0.717, 1.165) is 18.4 Å². The summed E-state index contributed by atoms with van der Waals surface area (Å²) < 4.78 is 6.36. The smallest absolute Gasteiger partial charge is 0.0912 e. The molecule has 2 heteroatoms. The number of rotatable bonds is 10. The largest absolute Gasteiger partial charge is 0.378 e. The van der Waals surface area contributed by atoms with Crippen molar-refractivity contribution in [2.45, 2.75) is 96.0 Å². The summed E-state index contributed by atoms with van der Waals surface area (Å²) in [5.41, 5.74) is 3.03. The zero-order chi connectivity index (χ0) is 21.7. The highest BCUT2D eigenvalue weighted by molar-refractivity contribution is 5.26. The van der Waals surface area contributed by atoms with Crippen LogP contribution in [0.5, 0.6) is 0 Å². The van der Waals surface area contributed by atoms with E-state index < -0.39 is 0 Å². The Kier molecular flexibility index (Phi) is 10.4. The summed E-state index contributed by atoms with van der Waals surface area (Å²) in [6.07, 6.45) is 23.4. The second-order valence-electron chi connectivity index (χ2n) is 9.66. The van der Waals surface area contributed by atoms with Crippen molar-refractivity contribution in [3.63, 3.8) is 0 Å². The van der Waals surface area contributed by atoms with Gasteiger partial charge in [-0.25, -0.2) is 0 Å². The van der Waals surface area contributed by atoms with Gasteiger partial charge in [-0.05, 0) is 93.1 Å². The molecule has 2 saturated carbocycles. The lowest BCUT2D eigenvalue weighted by Crippen LogP contribution is -2.25. The fourth-order valence-electron chi connectivity index (χ4n) is 5.24. The lowest BCUT2D eigenvalue weighted by atomic mass is 9.81. The standard InChI is InChI=1S/C29H41NO/c1-2-3-5-8-25-14-16-27(17-15-25)28-18-20-29(21-19-28)31-23-26-12-10-24(11-13-26)9-6-4-7-22-30/h4,6-7,9,14-17,24,26,28-29H,2-3,5,8,10-13,18-21,23H2,1H3/b7-4+,9-6+/t24-,26-,28-,29-. The van der Waals surface area contributed by atoms with E-state index in [-0.39, 0.29) is 0 Å². The number of nitrogens with zero attached hydrogens (tertiary/aromatic N) is 1. The molecule has 1 aromatic carbocycles. The highest BCUT2D eigenvalue weighted by atomic mass is 16.5. The average molecular weight is 420 g/mol. The Hall–Kier alpha value is -1.85. The highest BCUT2D eigenvalue weighted by Crippen LogP contribution is 2.35. The summed E-state index contributed by atoms with van der Waals surface area (Å²) in [5, 5.41) is 8.54. The number of allylic oxidation sites excluding steroid dienone is 4. The molecule has 0 aliphatic heterocycles. The zero-order valence-corrected chi connectivity index (χ0v) is 19.5. The van der Waals surface area contributed by atoms with Crippen LogP contribution in [0, 0.1) is 23.2 Å². The normalized spacial score (nSPS) is 27.0. The maximum Gasteiger partial charge on any atom is 0.0912 e. The highest BCUT2D eigenvalue weighted by Gasteiger charge is 2.25. The molecule has 2 fully saturated rings. The van der Waals surface area contributed by atoms with Gasteiger partial charge in [0, 0.05) is 12.7 Å². The van der Waals surface area contributed by atoms with Gasteiger partial charge in [-0.3, -0.25) is 0 Å². The number of ether oxygens (including phenoxy) is 1. The number of benzene rings is 1. The van der Waals surface area contributed by atoms with E-state index in [2.05, 4.69) is 37.3 Å². The van der Waals surface area contributed by atoms with Crippen LogP contribution in [-0.4, -0.2) is 12.7 Å². The molecule has 31 heavy (non-hydrogen) atoms. The van der Waals surface area contributed by atoms with Crippen molar-refractivity contribution >= 4 is 0 Å². The van der Waals surface area contributed by atoms with Crippen LogP contribution >= 0.6 is 0 Å². The molecule has 0 amide bonds. The first-order valence-corrected chi connectivity index (χ1v) is 12.7. The van der Waals surface area contributed by atoms with Gasteiger partial charge >= 0.3 is 0 Å².